The Balaban J connectivity index is 1.78. The van der Waals surface area contributed by atoms with Gasteiger partial charge in [0.05, 0.1) is 11.6 Å². The maximum Gasteiger partial charge on any atom is 0.226 e. The van der Waals surface area contributed by atoms with E-state index in [0.717, 1.165) is 36.5 Å². The molecule has 0 radical (unpaired) electrons. The summed E-state index contributed by atoms with van der Waals surface area (Å²) in [6.45, 7) is 4.57. The summed E-state index contributed by atoms with van der Waals surface area (Å²) < 4.78 is 0. The van der Waals surface area contributed by atoms with Crippen LogP contribution in [0.15, 0.2) is 30.5 Å². The zero-order valence-corrected chi connectivity index (χ0v) is 11.8. The number of hydrogen-bond donors (Lipinski definition) is 2. The van der Waals surface area contributed by atoms with Gasteiger partial charge in [0, 0.05) is 19.6 Å². The number of aromatic amines is 1. The first-order valence-electron chi connectivity index (χ1n) is 7.12. The smallest absolute Gasteiger partial charge is 0.226 e. The predicted molar refractivity (Wildman–Crippen MR) is 82.2 cm³/mol. The van der Waals surface area contributed by atoms with Crippen molar-refractivity contribution < 1.29 is 0 Å². The lowest BCUT2D eigenvalue weighted by atomic mass is 10.1. The van der Waals surface area contributed by atoms with Gasteiger partial charge in [-0.2, -0.15) is 15.1 Å². The van der Waals surface area contributed by atoms with Gasteiger partial charge in [-0.05, 0) is 18.1 Å². The molecule has 0 saturated carbocycles. The molecule has 1 aliphatic rings. The molecule has 1 aromatic carbocycles. The molecule has 3 aromatic rings. The van der Waals surface area contributed by atoms with Crippen LogP contribution >= 0.6 is 0 Å². The Morgan fingerprint density at radius 2 is 1.95 bits per heavy atom. The molecule has 4 rings (SSSR count). The molecule has 3 heterocycles. The van der Waals surface area contributed by atoms with E-state index < -0.39 is 0 Å². The predicted octanol–water partition coefficient (Wildman–Crippen LogP) is 2.30. The van der Waals surface area contributed by atoms with Crippen LogP contribution in [-0.2, 0) is 13.1 Å². The van der Waals surface area contributed by atoms with Gasteiger partial charge in [0.15, 0.2) is 5.65 Å². The Hall–Kier alpha value is -2.63. The van der Waals surface area contributed by atoms with Gasteiger partial charge >= 0.3 is 0 Å². The van der Waals surface area contributed by atoms with Crippen LogP contribution < -0.4 is 10.2 Å². The number of nitrogens with zero attached hydrogens (tertiary/aromatic N) is 4. The quantitative estimate of drug-likeness (QED) is 0.770. The van der Waals surface area contributed by atoms with Crippen molar-refractivity contribution in [3.63, 3.8) is 0 Å². The molecule has 6 heteroatoms. The highest BCUT2D eigenvalue weighted by atomic mass is 15.3. The minimum atomic E-state index is 0.639. The van der Waals surface area contributed by atoms with Gasteiger partial charge in [-0.15, -0.1) is 0 Å². The van der Waals surface area contributed by atoms with Crippen LogP contribution in [0.1, 0.15) is 18.1 Å². The Kier molecular flexibility index (Phi) is 2.73. The molecule has 1 aliphatic heterocycles. The topological polar surface area (TPSA) is 69.7 Å². The molecule has 0 unspecified atom stereocenters. The largest absolute Gasteiger partial charge is 0.354 e. The third-order valence-corrected chi connectivity index (χ3v) is 3.76. The summed E-state index contributed by atoms with van der Waals surface area (Å²) in [5, 5.41) is 11.2. The summed E-state index contributed by atoms with van der Waals surface area (Å²) in [5.74, 6) is 1.57. The lowest BCUT2D eigenvalue weighted by Gasteiger charge is -2.18. The number of aromatic nitrogens is 4. The first kappa shape index (κ1) is 12.1. The average molecular weight is 280 g/mol. The molecule has 2 aromatic heterocycles. The highest BCUT2D eigenvalue weighted by molar-refractivity contribution is 5.87. The van der Waals surface area contributed by atoms with Gasteiger partial charge in [0.1, 0.15) is 5.82 Å². The van der Waals surface area contributed by atoms with Crippen molar-refractivity contribution in [3.8, 4) is 0 Å². The number of hydrogen-bond acceptors (Lipinski definition) is 5. The third-order valence-electron chi connectivity index (χ3n) is 3.76. The average Bonchev–Trinajstić information content (AvgIpc) is 3.12. The van der Waals surface area contributed by atoms with Crippen molar-refractivity contribution in [1.29, 1.82) is 0 Å². The van der Waals surface area contributed by atoms with E-state index in [2.05, 4.69) is 54.6 Å². The second-order valence-corrected chi connectivity index (χ2v) is 5.16. The summed E-state index contributed by atoms with van der Waals surface area (Å²) in [5.41, 5.74) is 3.49. The van der Waals surface area contributed by atoms with E-state index >= 15 is 0 Å². The normalized spacial score (nSPS) is 13.7. The molecular formula is C15H16N6. The first-order chi connectivity index (χ1) is 10.3. The summed E-state index contributed by atoms with van der Waals surface area (Å²) in [6.07, 6.45) is 1.80. The minimum absolute atomic E-state index is 0.639. The van der Waals surface area contributed by atoms with Gasteiger partial charge in [0.2, 0.25) is 5.95 Å². The summed E-state index contributed by atoms with van der Waals surface area (Å²) in [6, 6.07) is 8.52. The maximum atomic E-state index is 4.67. The van der Waals surface area contributed by atoms with Crippen LogP contribution in [0.5, 0.6) is 0 Å². The van der Waals surface area contributed by atoms with E-state index in [9.17, 15) is 0 Å². The van der Waals surface area contributed by atoms with Crippen LogP contribution in [0.4, 0.5) is 11.8 Å². The van der Waals surface area contributed by atoms with E-state index in [-0.39, 0.29) is 0 Å². The highest BCUT2D eigenvalue weighted by Gasteiger charge is 2.22. The molecule has 21 heavy (non-hydrogen) atoms. The number of nitrogens with one attached hydrogen (secondary N) is 2. The number of H-pyrrole nitrogens is 1. The van der Waals surface area contributed by atoms with Crippen molar-refractivity contribution in [2.24, 2.45) is 0 Å². The molecule has 0 amide bonds. The van der Waals surface area contributed by atoms with Gasteiger partial charge in [0.25, 0.3) is 0 Å². The molecule has 6 nitrogen and oxygen atoms in total. The Morgan fingerprint density at radius 3 is 2.67 bits per heavy atom. The lowest BCUT2D eigenvalue weighted by Crippen LogP contribution is -2.17. The van der Waals surface area contributed by atoms with Crippen molar-refractivity contribution in [3.05, 3.63) is 41.6 Å². The first-order valence-corrected chi connectivity index (χ1v) is 7.12. The molecule has 0 spiro atoms. The second-order valence-electron chi connectivity index (χ2n) is 5.16. The fourth-order valence-electron chi connectivity index (χ4n) is 2.78. The minimum Gasteiger partial charge on any atom is -0.354 e. The van der Waals surface area contributed by atoms with E-state index in [1.54, 1.807) is 6.20 Å². The number of anilines is 2. The van der Waals surface area contributed by atoms with Gasteiger partial charge in [-0.3, -0.25) is 5.10 Å². The fraction of sp³-hybridized carbons (Fsp3) is 0.267. The van der Waals surface area contributed by atoms with E-state index in [1.165, 1.54) is 11.1 Å². The lowest BCUT2D eigenvalue weighted by molar-refractivity contribution is 0.859. The summed E-state index contributed by atoms with van der Waals surface area (Å²) in [4.78, 5) is 11.4. The van der Waals surface area contributed by atoms with E-state index in [0.29, 0.717) is 5.95 Å². The third kappa shape index (κ3) is 1.99. The molecule has 0 bridgehead atoms. The van der Waals surface area contributed by atoms with Crippen LogP contribution in [0.3, 0.4) is 0 Å². The monoisotopic (exact) mass is 280 g/mol. The van der Waals surface area contributed by atoms with Crippen molar-refractivity contribution in [2.75, 3.05) is 16.8 Å². The van der Waals surface area contributed by atoms with Gasteiger partial charge < -0.3 is 10.2 Å². The maximum absolute atomic E-state index is 4.67. The number of rotatable bonds is 3. The zero-order valence-electron chi connectivity index (χ0n) is 11.8. The van der Waals surface area contributed by atoms with E-state index in [4.69, 9.17) is 0 Å². The van der Waals surface area contributed by atoms with Gasteiger partial charge in [-0.25, -0.2) is 0 Å². The summed E-state index contributed by atoms with van der Waals surface area (Å²) >= 11 is 0. The standard InChI is InChI=1S/C15H16N6/c1-2-16-15-18-13-12(7-17-20-13)14(19-15)21-8-10-5-3-4-6-11(10)9-21/h3-7H,2,8-9H2,1H3,(H2,16,17,18,19,20). The Morgan fingerprint density at radius 1 is 1.19 bits per heavy atom. The Bertz CT molecular complexity index is 769. The molecule has 0 aliphatic carbocycles. The molecule has 0 saturated heterocycles. The second kappa shape index (κ2) is 4.73. The molecule has 106 valence electrons. The van der Waals surface area contributed by atoms with E-state index in [1.807, 2.05) is 6.92 Å². The van der Waals surface area contributed by atoms with Crippen molar-refractivity contribution >= 4 is 22.8 Å². The Labute approximate surface area is 122 Å². The molecular weight excluding hydrogens is 264 g/mol. The van der Waals surface area contributed by atoms with Crippen molar-refractivity contribution in [1.82, 2.24) is 20.2 Å². The van der Waals surface area contributed by atoms with Gasteiger partial charge in [-0.1, -0.05) is 24.3 Å². The van der Waals surface area contributed by atoms with Crippen LogP contribution in [-0.4, -0.2) is 26.7 Å². The number of benzene rings is 1. The number of fused-ring (bicyclic) bond motifs is 2. The fourth-order valence-corrected chi connectivity index (χ4v) is 2.78. The molecule has 0 atom stereocenters. The molecule has 2 N–H and O–H groups in total. The highest BCUT2D eigenvalue weighted by Crippen LogP contribution is 2.31. The molecule has 0 fully saturated rings. The van der Waals surface area contributed by atoms with Crippen LogP contribution in [0.25, 0.3) is 11.0 Å². The SMILES string of the molecule is CCNc1nc(N2Cc3ccccc3C2)c2cn[nH]c2n1. The van der Waals surface area contributed by atoms with Crippen LogP contribution in [0, 0.1) is 0 Å². The summed E-state index contributed by atoms with van der Waals surface area (Å²) in [7, 11) is 0. The zero-order chi connectivity index (χ0) is 14.2. The van der Waals surface area contributed by atoms with Crippen LogP contribution in [0.2, 0.25) is 0 Å². The van der Waals surface area contributed by atoms with Crippen molar-refractivity contribution in [2.45, 2.75) is 20.0 Å².